The first kappa shape index (κ1) is 7.63. The van der Waals surface area contributed by atoms with Crippen molar-refractivity contribution >= 4 is 0 Å². The topological polar surface area (TPSA) is 72.3 Å². The van der Waals surface area contributed by atoms with Gasteiger partial charge in [0.15, 0.2) is 0 Å². The van der Waals surface area contributed by atoms with E-state index in [0.717, 1.165) is 0 Å². The van der Waals surface area contributed by atoms with E-state index in [9.17, 15) is 0 Å². The number of aromatic nitrogens is 1. The zero-order valence-corrected chi connectivity index (χ0v) is 5.82. The Kier molecular flexibility index (Phi) is 2.14. The molecule has 0 fully saturated rings. The molecule has 1 aromatic rings. The summed E-state index contributed by atoms with van der Waals surface area (Å²) in [5.41, 5.74) is 6.02. The molecular formula is C7H8N2O2. The molecule has 3 N–H and O–H groups in total. The summed E-state index contributed by atoms with van der Waals surface area (Å²) in [6.07, 6.45) is 5.40. The summed E-state index contributed by atoms with van der Waals surface area (Å²) in [5, 5.41) is 12.2. The predicted molar refractivity (Wildman–Crippen MR) is 38.5 cm³/mol. The lowest BCUT2D eigenvalue weighted by Crippen LogP contribution is -2.09. The van der Waals surface area contributed by atoms with Crippen molar-refractivity contribution in [1.29, 1.82) is 0 Å². The standard InChI is InChI=1S/C7H8N2O2/c1-2-3-5(8)6-4-7(10)11-9-6/h1,4-5,10H,3,8H2/t5-/m1/s1. The summed E-state index contributed by atoms with van der Waals surface area (Å²) in [7, 11) is 0. The number of terminal acetylenes is 1. The molecule has 4 heteroatoms. The quantitative estimate of drug-likeness (QED) is 0.602. The molecule has 11 heavy (non-hydrogen) atoms. The van der Waals surface area contributed by atoms with Crippen molar-refractivity contribution in [1.82, 2.24) is 5.16 Å². The molecule has 1 heterocycles. The van der Waals surface area contributed by atoms with E-state index in [1.165, 1.54) is 6.07 Å². The molecule has 0 aromatic carbocycles. The highest BCUT2D eigenvalue weighted by Crippen LogP contribution is 2.16. The summed E-state index contributed by atoms with van der Waals surface area (Å²) in [4.78, 5) is 0. The molecule has 0 bridgehead atoms. The number of hydrogen-bond donors (Lipinski definition) is 2. The van der Waals surface area contributed by atoms with E-state index in [-0.39, 0.29) is 12.0 Å². The first-order valence-corrected chi connectivity index (χ1v) is 3.08. The fraction of sp³-hybridized carbons (Fsp3) is 0.286. The van der Waals surface area contributed by atoms with E-state index in [4.69, 9.17) is 17.3 Å². The first-order chi connectivity index (χ1) is 5.24. The Labute approximate surface area is 64.0 Å². The highest BCUT2D eigenvalue weighted by atomic mass is 16.5. The Hall–Kier alpha value is -1.47. The molecule has 1 atom stereocenters. The van der Waals surface area contributed by atoms with E-state index < -0.39 is 0 Å². The molecule has 0 amide bonds. The zero-order valence-electron chi connectivity index (χ0n) is 5.82. The predicted octanol–water partition coefficient (Wildman–Crippen LogP) is 0.403. The average Bonchev–Trinajstić information content (AvgIpc) is 2.36. The smallest absolute Gasteiger partial charge is 0.309 e. The van der Waals surface area contributed by atoms with Gasteiger partial charge in [-0.25, -0.2) is 0 Å². The zero-order chi connectivity index (χ0) is 8.27. The number of hydrogen-bond acceptors (Lipinski definition) is 4. The third kappa shape index (κ3) is 1.72. The number of rotatable bonds is 2. The van der Waals surface area contributed by atoms with Crippen LogP contribution in [-0.2, 0) is 0 Å². The summed E-state index contributed by atoms with van der Waals surface area (Å²) in [6, 6.07) is 0.992. The minimum absolute atomic E-state index is 0.243. The molecule has 0 unspecified atom stereocenters. The summed E-state index contributed by atoms with van der Waals surface area (Å²) >= 11 is 0. The van der Waals surface area contributed by atoms with Gasteiger partial charge in [0.25, 0.3) is 0 Å². The van der Waals surface area contributed by atoms with Gasteiger partial charge in [-0.1, -0.05) is 5.16 Å². The van der Waals surface area contributed by atoms with Crippen LogP contribution < -0.4 is 5.73 Å². The van der Waals surface area contributed by atoms with Crippen LogP contribution in [0.5, 0.6) is 5.95 Å². The van der Waals surface area contributed by atoms with Gasteiger partial charge in [0.1, 0.15) is 5.69 Å². The lowest BCUT2D eigenvalue weighted by Gasteiger charge is -1.99. The van der Waals surface area contributed by atoms with Crippen molar-refractivity contribution in [3.8, 4) is 18.3 Å². The number of nitrogens with two attached hydrogens (primary N) is 1. The molecule has 0 radical (unpaired) electrons. The first-order valence-electron chi connectivity index (χ1n) is 3.08. The van der Waals surface area contributed by atoms with Crippen LogP contribution in [-0.4, -0.2) is 10.3 Å². The second-order valence-electron chi connectivity index (χ2n) is 2.10. The van der Waals surface area contributed by atoms with Crippen LogP contribution in [0.4, 0.5) is 0 Å². The molecule has 4 nitrogen and oxygen atoms in total. The van der Waals surface area contributed by atoms with Gasteiger partial charge >= 0.3 is 5.95 Å². The number of aromatic hydroxyl groups is 1. The Morgan fingerprint density at radius 3 is 3.09 bits per heavy atom. The maximum atomic E-state index is 8.73. The largest absolute Gasteiger partial charge is 0.479 e. The van der Waals surface area contributed by atoms with Gasteiger partial charge in [-0.15, -0.1) is 12.3 Å². The highest BCUT2D eigenvalue weighted by molar-refractivity contribution is 5.13. The van der Waals surface area contributed by atoms with Crippen molar-refractivity contribution in [2.75, 3.05) is 0 Å². The molecule has 58 valence electrons. The lowest BCUT2D eigenvalue weighted by molar-refractivity contribution is 0.275. The van der Waals surface area contributed by atoms with E-state index in [1.807, 2.05) is 0 Å². The molecule has 0 saturated heterocycles. The molecule has 1 rings (SSSR count). The van der Waals surface area contributed by atoms with Gasteiger partial charge in [-0.05, 0) is 0 Å². The molecular weight excluding hydrogens is 144 g/mol. The SMILES string of the molecule is C#CC[C@@H](N)c1cc(O)on1. The monoisotopic (exact) mass is 152 g/mol. The maximum Gasteiger partial charge on any atom is 0.309 e. The van der Waals surface area contributed by atoms with Gasteiger partial charge in [-0.2, -0.15) is 0 Å². The van der Waals surface area contributed by atoms with E-state index >= 15 is 0 Å². The molecule has 0 aliphatic rings. The highest BCUT2D eigenvalue weighted by Gasteiger charge is 2.09. The van der Waals surface area contributed by atoms with Crippen LogP contribution in [0.3, 0.4) is 0 Å². The normalized spacial score (nSPS) is 12.4. The molecule has 0 aliphatic heterocycles. The van der Waals surface area contributed by atoms with Crippen molar-refractivity contribution < 1.29 is 9.63 Å². The number of nitrogens with zero attached hydrogens (tertiary/aromatic N) is 1. The molecule has 1 aromatic heterocycles. The Morgan fingerprint density at radius 1 is 1.91 bits per heavy atom. The van der Waals surface area contributed by atoms with Gasteiger partial charge in [0.2, 0.25) is 0 Å². The average molecular weight is 152 g/mol. The lowest BCUT2D eigenvalue weighted by atomic mass is 10.2. The fourth-order valence-electron chi connectivity index (χ4n) is 0.685. The van der Waals surface area contributed by atoms with Crippen LogP contribution in [0.2, 0.25) is 0 Å². The van der Waals surface area contributed by atoms with Crippen LogP contribution in [0, 0.1) is 12.3 Å². The van der Waals surface area contributed by atoms with Crippen molar-refractivity contribution in [3.05, 3.63) is 11.8 Å². The van der Waals surface area contributed by atoms with Crippen LogP contribution in [0.15, 0.2) is 10.6 Å². The van der Waals surface area contributed by atoms with E-state index in [0.29, 0.717) is 12.1 Å². The van der Waals surface area contributed by atoms with Gasteiger partial charge in [0, 0.05) is 12.5 Å². The molecule has 0 spiro atoms. The van der Waals surface area contributed by atoms with E-state index in [1.54, 1.807) is 0 Å². The fourth-order valence-corrected chi connectivity index (χ4v) is 0.685. The maximum absolute atomic E-state index is 8.73. The Bertz CT molecular complexity index is 274. The third-order valence-electron chi connectivity index (χ3n) is 1.23. The summed E-state index contributed by atoms with van der Waals surface area (Å²) < 4.78 is 4.39. The molecule has 0 saturated carbocycles. The van der Waals surface area contributed by atoms with Crippen LogP contribution in [0.1, 0.15) is 18.2 Å². The second-order valence-corrected chi connectivity index (χ2v) is 2.10. The Morgan fingerprint density at radius 2 is 2.64 bits per heavy atom. The van der Waals surface area contributed by atoms with Crippen molar-refractivity contribution in [2.45, 2.75) is 12.5 Å². The Balaban J connectivity index is 2.70. The van der Waals surface area contributed by atoms with E-state index in [2.05, 4.69) is 15.6 Å². The van der Waals surface area contributed by atoms with Gasteiger partial charge in [-0.3, -0.25) is 0 Å². The summed E-state index contributed by atoms with van der Waals surface area (Å²) in [6.45, 7) is 0. The van der Waals surface area contributed by atoms with Crippen molar-refractivity contribution in [2.24, 2.45) is 5.73 Å². The summed E-state index contributed by atoms with van der Waals surface area (Å²) in [5.74, 6) is 2.14. The van der Waals surface area contributed by atoms with Crippen LogP contribution >= 0.6 is 0 Å². The minimum Gasteiger partial charge on any atom is -0.479 e. The van der Waals surface area contributed by atoms with Gasteiger partial charge in [0.05, 0.1) is 6.04 Å². The van der Waals surface area contributed by atoms with Crippen molar-refractivity contribution in [3.63, 3.8) is 0 Å². The molecule has 0 aliphatic carbocycles. The third-order valence-corrected chi connectivity index (χ3v) is 1.23. The van der Waals surface area contributed by atoms with Gasteiger partial charge < -0.3 is 15.4 Å². The van der Waals surface area contributed by atoms with Crippen LogP contribution in [0.25, 0.3) is 0 Å². The second kappa shape index (κ2) is 3.08. The minimum atomic E-state index is -0.357.